The van der Waals surface area contributed by atoms with Gasteiger partial charge in [0.1, 0.15) is 11.6 Å². The highest BCUT2D eigenvalue weighted by Gasteiger charge is 2.18. The van der Waals surface area contributed by atoms with E-state index in [0.717, 1.165) is 12.8 Å². The highest BCUT2D eigenvalue weighted by molar-refractivity contribution is 6.35. The molecule has 1 aliphatic heterocycles. The minimum Gasteiger partial charge on any atom is -0.484 e. The Hall–Kier alpha value is -3.79. The summed E-state index contributed by atoms with van der Waals surface area (Å²) in [5.41, 5.74) is 3.27. The number of halogens is 1. The summed E-state index contributed by atoms with van der Waals surface area (Å²) < 4.78 is 23.6. The summed E-state index contributed by atoms with van der Waals surface area (Å²) in [7, 11) is 0. The van der Waals surface area contributed by atoms with Gasteiger partial charge >= 0.3 is 11.8 Å². The van der Waals surface area contributed by atoms with Gasteiger partial charge in [-0.25, -0.2) is 9.82 Å². The fourth-order valence-corrected chi connectivity index (χ4v) is 2.84. The minimum atomic E-state index is -0.869. The van der Waals surface area contributed by atoms with E-state index in [4.69, 9.17) is 9.47 Å². The number of benzene rings is 2. The molecule has 0 unspecified atom stereocenters. The van der Waals surface area contributed by atoms with Crippen LogP contribution in [0.5, 0.6) is 5.75 Å². The number of nitrogens with zero attached hydrogens (tertiary/aromatic N) is 1. The molecule has 1 fully saturated rings. The average Bonchev–Trinajstić information content (AvgIpc) is 3.32. The normalized spacial score (nSPS) is 15.3. The molecule has 168 valence electrons. The third-order valence-electron chi connectivity index (χ3n) is 4.48. The van der Waals surface area contributed by atoms with Gasteiger partial charge in [0.05, 0.1) is 12.3 Å². The molecular formula is C22H23FN4O5. The van der Waals surface area contributed by atoms with Crippen molar-refractivity contribution in [1.29, 1.82) is 0 Å². The molecule has 3 rings (SSSR count). The van der Waals surface area contributed by atoms with E-state index in [1.54, 1.807) is 24.3 Å². The number of carbonyl (C=O) groups excluding carboxylic acids is 3. The van der Waals surface area contributed by atoms with Crippen LogP contribution < -0.4 is 20.8 Å². The van der Waals surface area contributed by atoms with Gasteiger partial charge in [-0.05, 0) is 66.9 Å². The van der Waals surface area contributed by atoms with Crippen molar-refractivity contribution in [1.82, 2.24) is 10.7 Å². The molecule has 1 aliphatic rings. The van der Waals surface area contributed by atoms with Crippen LogP contribution in [0.15, 0.2) is 53.6 Å². The lowest BCUT2D eigenvalue weighted by atomic mass is 10.2. The Bertz CT molecular complexity index is 957. The van der Waals surface area contributed by atoms with Crippen LogP contribution in [0.3, 0.4) is 0 Å². The van der Waals surface area contributed by atoms with Gasteiger partial charge in [0, 0.05) is 18.8 Å². The maximum absolute atomic E-state index is 12.9. The quantitative estimate of drug-likeness (QED) is 0.326. The molecular weight excluding hydrogens is 419 g/mol. The second-order valence-electron chi connectivity index (χ2n) is 6.96. The molecule has 0 bridgehead atoms. The largest absolute Gasteiger partial charge is 0.484 e. The number of amides is 3. The van der Waals surface area contributed by atoms with Gasteiger partial charge in [-0.3, -0.25) is 14.4 Å². The van der Waals surface area contributed by atoms with Crippen LogP contribution in [-0.4, -0.2) is 49.8 Å². The fourth-order valence-electron chi connectivity index (χ4n) is 2.84. The molecule has 3 amide bonds. The van der Waals surface area contributed by atoms with Gasteiger partial charge in [0.15, 0.2) is 6.61 Å². The molecule has 2 aromatic carbocycles. The van der Waals surface area contributed by atoms with E-state index in [9.17, 15) is 18.8 Å². The van der Waals surface area contributed by atoms with Crippen molar-refractivity contribution in [2.45, 2.75) is 18.9 Å². The zero-order chi connectivity index (χ0) is 22.8. The van der Waals surface area contributed by atoms with E-state index < -0.39 is 11.8 Å². The summed E-state index contributed by atoms with van der Waals surface area (Å²) in [6.45, 7) is 0.741. The smallest absolute Gasteiger partial charge is 0.329 e. The second kappa shape index (κ2) is 11.6. The Morgan fingerprint density at radius 3 is 2.53 bits per heavy atom. The van der Waals surface area contributed by atoms with Crippen LogP contribution in [0, 0.1) is 5.82 Å². The molecule has 10 heteroatoms. The third-order valence-corrected chi connectivity index (χ3v) is 4.48. The molecule has 32 heavy (non-hydrogen) atoms. The molecule has 0 saturated carbocycles. The van der Waals surface area contributed by atoms with Crippen LogP contribution in [-0.2, 0) is 19.1 Å². The highest BCUT2D eigenvalue weighted by atomic mass is 19.1. The summed E-state index contributed by atoms with van der Waals surface area (Å²) >= 11 is 0. The molecule has 2 aromatic rings. The summed E-state index contributed by atoms with van der Waals surface area (Å²) in [5, 5.41) is 8.85. The lowest BCUT2D eigenvalue weighted by molar-refractivity contribution is -0.139. The Morgan fingerprint density at radius 2 is 1.84 bits per heavy atom. The van der Waals surface area contributed by atoms with Crippen molar-refractivity contribution in [3.05, 3.63) is 59.9 Å². The predicted molar refractivity (Wildman–Crippen MR) is 115 cm³/mol. The first-order chi connectivity index (χ1) is 15.5. The van der Waals surface area contributed by atoms with Gasteiger partial charge in [0.2, 0.25) is 0 Å². The molecule has 0 spiro atoms. The maximum atomic E-state index is 12.9. The lowest BCUT2D eigenvalue weighted by Crippen LogP contribution is -2.41. The van der Waals surface area contributed by atoms with Gasteiger partial charge in [-0.2, -0.15) is 5.10 Å². The topological polar surface area (TPSA) is 118 Å². The first-order valence-electron chi connectivity index (χ1n) is 10.0. The number of nitrogens with one attached hydrogen (secondary N) is 3. The molecule has 1 saturated heterocycles. The number of hydrogen-bond donors (Lipinski definition) is 3. The number of hydrogen-bond acceptors (Lipinski definition) is 6. The van der Waals surface area contributed by atoms with E-state index in [2.05, 4.69) is 21.2 Å². The van der Waals surface area contributed by atoms with Crippen molar-refractivity contribution in [3.8, 4) is 5.75 Å². The first kappa shape index (κ1) is 22.9. The monoisotopic (exact) mass is 442 g/mol. The van der Waals surface area contributed by atoms with Gasteiger partial charge < -0.3 is 20.1 Å². The number of ether oxygens (including phenoxy) is 2. The van der Waals surface area contributed by atoms with E-state index in [1.165, 1.54) is 30.5 Å². The van der Waals surface area contributed by atoms with Crippen LogP contribution >= 0.6 is 0 Å². The zero-order valence-electron chi connectivity index (χ0n) is 17.2. The summed E-state index contributed by atoms with van der Waals surface area (Å²) in [4.78, 5) is 35.3. The van der Waals surface area contributed by atoms with Crippen LogP contribution in [0.2, 0.25) is 0 Å². The van der Waals surface area contributed by atoms with Crippen LogP contribution in [0.4, 0.5) is 10.1 Å². The van der Waals surface area contributed by atoms with Gasteiger partial charge in [-0.15, -0.1) is 0 Å². The van der Waals surface area contributed by atoms with Gasteiger partial charge in [0.25, 0.3) is 5.91 Å². The van der Waals surface area contributed by atoms with E-state index in [0.29, 0.717) is 30.2 Å². The molecule has 0 aromatic heterocycles. The molecule has 1 atom stereocenters. The Kier molecular flexibility index (Phi) is 8.27. The summed E-state index contributed by atoms with van der Waals surface area (Å²) in [6, 6.07) is 12.0. The fraction of sp³-hybridized carbons (Fsp3) is 0.273. The Morgan fingerprint density at radius 1 is 1.09 bits per heavy atom. The highest BCUT2D eigenvalue weighted by Crippen LogP contribution is 2.12. The van der Waals surface area contributed by atoms with E-state index in [-0.39, 0.29) is 24.4 Å². The number of anilines is 1. The SMILES string of the molecule is O=C(COc1ccc(/C=N\NC(=O)C(=O)NC[C@@H]2CCCO2)cc1)Nc1ccc(F)cc1. The number of hydrazone groups is 1. The van der Waals surface area contributed by atoms with Crippen molar-refractivity contribution < 1.29 is 28.2 Å². The lowest BCUT2D eigenvalue weighted by Gasteiger charge is -2.09. The van der Waals surface area contributed by atoms with Crippen LogP contribution in [0.25, 0.3) is 0 Å². The summed E-state index contributed by atoms with van der Waals surface area (Å²) in [6.07, 6.45) is 3.13. The van der Waals surface area contributed by atoms with E-state index >= 15 is 0 Å². The first-order valence-corrected chi connectivity index (χ1v) is 10.0. The second-order valence-corrected chi connectivity index (χ2v) is 6.96. The number of carbonyl (C=O) groups is 3. The van der Waals surface area contributed by atoms with Crippen molar-refractivity contribution in [2.75, 3.05) is 25.1 Å². The van der Waals surface area contributed by atoms with Crippen molar-refractivity contribution in [3.63, 3.8) is 0 Å². The van der Waals surface area contributed by atoms with Crippen molar-refractivity contribution >= 4 is 29.6 Å². The van der Waals surface area contributed by atoms with Crippen molar-refractivity contribution in [2.24, 2.45) is 5.10 Å². The molecule has 9 nitrogen and oxygen atoms in total. The molecule has 0 aliphatic carbocycles. The number of rotatable bonds is 8. The summed E-state index contributed by atoms with van der Waals surface area (Å²) in [5.74, 6) is -1.97. The minimum absolute atomic E-state index is 0.0510. The molecule has 3 N–H and O–H groups in total. The van der Waals surface area contributed by atoms with Crippen LogP contribution in [0.1, 0.15) is 18.4 Å². The average molecular weight is 442 g/mol. The molecule has 0 radical (unpaired) electrons. The zero-order valence-corrected chi connectivity index (χ0v) is 17.2. The third kappa shape index (κ3) is 7.47. The van der Waals surface area contributed by atoms with Gasteiger partial charge in [-0.1, -0.05) is 0 Å². The molecule has 1 heterocycles. The Balaban J connectivity index is 1.37. The predicted octanol–water partition coefficient (Wildman–Crippen LogP) is 1.59. The van der Waals surface area contributed by atoms with E-state index in [1.807, 2.05) is 0 Å². The Labute approximate surface area is 184 Å². The standard InChI is InChI=1S/C22H23FN4O5/c23-16-5-7-17(8-6-16)26-20(28)14-32-18-9-3-15(4-10-18)12-25-27-22(30)21(29)24-13-19-2-1-11-31-19/h3-10,12,19H,1-2,11,13-14H2,(H,24,29)(H,26,28)(H,27,30)/b25-12-/t19-/m0/s1. The maximum Gasteiger partial charge on any atom is 0.329 e.